The maximum Gasteiger partial charge on any atom is 0.239 e. The van der Waals surface area contributed by atoms with Crippen LogP contribution < -0.4 is 14.9 Å². The van der Waals surface area contributed by atoms with E-state index in [0.717, 1.165) is 16.7 Å². The van der Waals surface area contributed by atoms with Gasteiger partial charge in [0.2, 0.25) is 11.2 Å². The minimum absolute atomic E-state index is 0.0472. The highest BCUT2D eigenvalue weighted by molar-refractivity contribution is 5.90. The Morgan fingerprint density at radius 2 is 1.90 bits per heavy atom. The van der Waals surface area contributed by atoms with Gasteiger partial charge in [-0.2, -0.15) is 0 Å². The highest BCUT2D eigenvalue weighted by Gasteiger charge is 2.23. The second-order valence-corrected chi connectivity index (χ2v) is 7.27. The molecule has 3 rings (SSSR count). The molecule has 30 heavy (non-hydrogen) atoms. The first kappa shape index (κ1) is 21.5. The quantitative estimate of drug-likeness (QED) is 0.563. The van der Waals surface area contributed by atoms with Gasteiger partial charge in [0.15, 0.2) is 5.76 Å². The molecule has 0 atom stereocenters. The van der Waals surface area contributed by atoms with Crippen LogP contribution in [0, 0.1) is 6.92 Å². The third-order valence-electron chi connectivity index (χ3n) is 4.83. The molecule has 3 aromatic rings. The second-order valence-electron chi connectivity index (χ2n) is 7.27. The average molecular weight is 410 g/mol. The fourth-order valence-electron chi connectivity index (χ4n) is 3.28. The van der Waals surface area contributed by atoms with Crippen LogP contribution in [-0.2, 0) is 6.42 Å². The van der Waals surface area contributed by atoms with Crippen LogP contribution in [0.15, 0.2) is 51.2 Å². The van der Waals surface area contributed by atoms with E-state index in [9.17, 15) is 15.0 Å². The zero-order chi connectivity index (χ0) is 21.8. The summed E-state index contributed by atoms with van der Waals surface area (Å²) in [6, 6.07) is 8.61. The molecule has 0 fully saturated rings. The molecule has 6 nitrogen and oxygen atoms in total. The van der Waals surface area contributed by atoms with Gasteiger partial charge in [-0.05, 0) is 63.1 Å². The van der Waals surface area contributed by atoms with Crippen molar-refractivity contribution in [2.45, 2.75) is 27.2 Å². The van der Waals surface area contributed by atoms with E-state index in [2.05, 4.69) is 0 Å². The van der Waals surface area contributed by atoms with Crippen LogP contribution in [0.25, 0.3) is 22.3 Å². The Morgan fingerprint density at radius 1 is 1.20 bits per heavy atom. The molecule has 0 spiro atoms. The summed E-state index contributed by atoms with van der Waals surface area (Å²) in [6.07, 6.45) is 2.61. The molecule has 0 aliphatic heterocycles. The Bertz CT molecular complexity index is 1140. The van der Waals surface area contributed by atoms with E-state index in [1.807, 2.05) is 26.8 Å². The Kier molecular flexibility index (Phi) is 6.47. The standard InChI is InChI=1S/C24H26O6/c1-14(2)5-10-18-15(3)13-19(26)20-21(27)24(29-12-11-25)22(30-23(18)20)16-6-8-17(28-4)9-7-16/h5-9,13,25-26H,10-12H2,1-4H3. The number of rotatable bonds is 7. The van der Waals surface area contributed by atoms with Crippen molar-refractivity contribution >= 4 is 11.0 Å². The second kappa shape index (κ2) is 9.05. The van der Waals surface area contributed by atoms with Gasteiger partial charge >= 0.3 is 0 Å². The summed E-state index contributed by atoms with van der Waals surface area (Å²) >= 11 is 0. The van der Waals surface area contributed by atoms with Crippen molar-refractivity contribution < 1.29 is 24.1 Å². The number of hydrogen-bond donors (Lipinski definition) is 2. The largest absolute Gasteiger partial charge is 0.507 e. The first-order valence-corrected chi connectivity index (χ1v) is 9.71. The van der Waals surface area contributed by atoms with E-state index in [1.165, 1.54) is 0 Å². The molecule has 0 aliphatic rings. The van der Waals surface area contributed by atoms with Crippen molar-refractivity contribution in [2.24, 2.45) is 0 Å². The number of phenols is 1. The number of ether oxygens (including phenoxy) is 2. The van der Waals surface area contributed by atoms with Crippen molar-refractivity contribution in [3.8, 4) is 28.6 Å². The van der Waals surface area contributed by atoms with Crippen LogP contribution >= 0.6 is 0 Å². The van der Waals surface area contributed by atoms with Gasteiger partial charge in [-0.25, -0.2) is 0 Å². The highest BCUT2D eigenvalue weighted by atomic mass is 16.5. The third kappa shape index (κ3) is 4.19. The number of fused-ring (bicyclic) bond motifs is 1. The number of aliphatic hydroxyl groups is 1. The van der Waals surface area contributed by atoms with Crippen molar-refractivity contribution in [3.05, 3.63) is 63.3 Å². The van der Waals surface area contributed by atoms with Crippen LogP contribution in [0.1, 0.15) is 25.0 Å². The molecule has 2 aromatic carbocycles. The molecule has 0 saturated heterocycles. The molecule has 158 valence electrons. The summed E-state index contributed by atoms with van der Waals surface area (Å²) in [5.74, 6) is 0.700. The van der Waals surface area contributed by atoms with Gasteiger partial charge in [0.1, 0.15) is 29.1 Å². The third-order valence-corrected chi connectivity index (χ3v) is 4.83. The summed E-state index contributed by atoms with van der Waals surface area (Å²) in [7, 11) is 1.57. The zero-order valence-corrected chi connectivity index (χ0v) is 17.6. The summed E-state index contributed by atoms with van der Waals surface area (Å²) in [5, 5.41) is 19.8. The number of methoxy groups -OCH3 is 1. The van der Waals surface area contributed by atoms with Crippen molar-refractivity contribution in [1.29, 1.82) is 0 Å². The molecule has 0 bridgehead atoms. The van der Waals surface area contributed by atoms with Crippen LogP contribution in [0.5, 0.6) is 17.2 Å². The minimum Gasteiger partial charge on any atom is -0.507 e. The van der Waals surface area contributed by atoms with E-state index in [4.69, 9.17) is 13.9 Å². The van der Waals surface area contributed by atoms with Gasteiger partial charge in [-0.3, -0.25) is 4.79 Å². The predicted molar refractivity (Wildman–Crippen MR) is 117 cm³/mol. The highest BCUT2D eigenvalue weighted by Crippen LogP contribution is 2.37. The number of phenolic OH excluding ortho intramolecular Hbond substituents is 1. The van der Waals surface area contributed by atoms with Gasteiger partial charge in [0, 0.05) is 11.1 Å². The lowest BCUT2D eigenvalue weighted by Crippen LogP contribution is -2.13. The summed E-state index contributed by atoms with van der Waals surface area (Å²) in [4.78, 5) is 13.3. The summed E-state index contributed by atoms with van der Waals surface area (Å²) in [5.41, 5.74) is 3.26. The number of aryl methyl sites for hydroxylation is 1. The van der Waals surface area contributed by atoms with Gasteiger partial charge in [-0.15, -0.1) is 0 Å². The van der Waals surface area contributed by atoms with Crippen LogP contribution in [0.2, 0.25) is 0 Å². The van der Waals surface area contributed by atoms with E-state index in [1.54, 1.807) is 37.4 Å². The molecule has 0 unspecified atom stereocenters. The Balaban J connectivity index is 2.35. The fraction of sp³-hybridized carbons (Fsp3) is 0.292. The van der Waals surface area contributed by atoms with E-state index in [-0.39, 0.29) is 35.9 Å². The average Bonchev–Trinajstić information content (AvgIpc) is 2.72. The van der Waals surface area contributed by atoms with Crippen LogP contribution in [0.3, 0.4) is 0 Å². The lowest BCUT2D eigenvalue weighted by atomic mass is 9.99. The zero-order valence-electron chi connectivity index (χ0n) is 17.6. The SMILES string of the molecule is COc1ccc(-c2oc3c(CC=C(C)C)c(C)cc(O)c3c(=O)c2OCCO)cc1. The number of aliphatic hydroxyl groups excluding tert-OH is 1. The van der Waals surface area contributed by atoms with Crippen molar-refractivity contribution in [2.75, 3.05) is 20.3 Å². The van der Waals surface area contributed by atoms with E-state index in [0.29, 0.717) is 23.3 Å². The van der Waals surface area contributed by atoms with Crippen LogP contribution in [-0.4, -0.2) is 30.5 Å². The topological polar surface area (TPSA) is 89.1 Å². The number of allylic oxidation sites excluding steroid dienone is 2. The monoisotopic (exact) mass is 410 g/mol. The number of aromatic hydroxyl groups is 1. The maximum atomic E-state index is 13.3. The first-order valence-electron chi connectivity index (χ1n) is 9.71. The molecule has 0 amide bonds. The lowest BCUT2D eigenvalue weighted by Gasteiger charge is -2.15. The summed E-state index contributed by atoms with van der Waals surface area (Å²) < 4.78 is 17.0. The number of benzene rings is 2. The molecule has 0 aliphatic carbocycles. The Hall–Kier alpha value is -3.25. The number of hydrogen-bond acceptors (Lipinski definition) is 6. The molecule has 1 aromatic heterocycles. The van der Waals surface area contributed by atoms with Crippen molar-refractivity contribution in [1.82, 2.24) is 0 Å². The summed E-state index contributed by atoms with van der Waals surface area (Å²) in [6.45, 7) is 5.54. The Morgan fingerprint density at radius 3 is 2.50 bits per heavy atom. The fourth-order valence-corrected chi connectivity index (χ4v) is 3.28. The van der Waals surface area contributed by atoms with Gasteiger partial charge in [-0.1, -0.05) is 11.6 Å². The lowest BCUT2D eigenvalue weighted by molar-refractivity contribution is 0.199. The smallest absolute Gasteiger partial charge is 0.239 e. The molecular weight excluding hydrogens is 384 g/mol. The molecule has 6 heteroatoms. The molecule has 2 N–H and O–H groups in total. The van der Waals surface area contributed by atoms with E-state index < -0.39 is 5.43 Å². The van der Waals surface area contributed by atoms with Gasteiger partial charge in [0.05, 0.1) is 13.7 Å². The molecular formula is C24H26O6. The molecule has 1 heterocycles. The molecule has 0 saturated carbocycles. The molecule has 0 radical (unpaired) electrons. The Labute approximate surface area is 175 Å². The van der Waals surface area contributed by atoms with Gasteiger partial charge < -0.3 is 24.1 Å². The minimum atomic E-state index is -0.480. The first-order chi connectivity index (χ1) is 14.4. The van der Waals surface area contributed by atoms with Crippen LogP contribution in [0.4, 0.5) is 0 Å². The van der Waals surface area contributed by atoms with Crippen molar-refractivity contribution in [3.63, 3.8) is 0 Å². The van der Waals surface area contributed by atoms with Gasteiger partial charge in [0.25, 0.3) is 0 Å². The normalized spacial score (nSPS) is 10.8. The maximum absolute atomic E-state index is 13.3. The predicted octanol–water partition coefficient (Wildman–Crippen LogP) is 4.36. The van der Waals surface area contributed by atoms with E-state index >= 15 is 0 Å².